The maximum atomic E-state index is 10.4. The molecule has 0 radical (unpaired) electrons. The molecule has 0 fully saturated rings. The SMILES string of the molecule is COc1ccc([C@@H](C[NH2+]C[C@@H](O)COc2c(C)ccc(C)c2C)[NH+](C)C)cc1. The van der Waals surface area contributed by atoms with Gasteiger partial charge in [-0.1, -0.05) is 12.1 Å². The predicted molar refractivity (Wildman–Crippen MR) is 112 cm³/mol. The van der Waals surface area contributed by atoms with Crippen LogP contribution in [0.4, 0.5) is 0 Å². The van der Waals surface area contributed by atoms with Crippen LogP contribution in [0.15, 0.2) is 36.4 Å². The second-order valence-corrected chi connectivity index (χ2v) is 7.78. The zero-order chi connectivity index (χ0) is 20.7. The fourth-order valence-corrected chi connectivity index (χ4v) is 3.39. The lowest BCUT2D eigenvalue weighted by atomic mass is 10.1. The normalized spacial score (nSPS) is 13.4. The molecule has 0 spiro atoms. The zero-order valence-electron chi connectivity index (χ0n) is 18.1. The van der Waals surface area contributed by atoms with Crippen LogP contribution in [0.2, 0.25) is 0 Å². The van der Waals surface area contributed by atoms with Gasteiger partial charge in [0.15, 0.2) is 6.04 Å². The van der Waals surface area contributed by atoms with Crippen LogP contribution in [0.3, 0.4) is 0 Å². The maximum Gasteiger partial charge on any atom is 0.162 e. The summed E-state index contributed by atoms with van der Waals surface area (Å²) in [6.07, 6.45) is -0.506. The standard InChI is InChI=1S/C23H34N2O3/c1-16-7-8-17(2)23(18(16)3)28-15-20(26)13-24-14-22(25(4)5)19-9-11-21(27-6)12-10-19/h7-12,20,22,24,26H,13-15H2,1-6H3/p+2/t20-,22-/m1/s1. The van der Waals surface area contributed by atoms with Crippen molar-refractivity contribution in [2.75, 3.05) is 40.9 Å². The Kier molecular flexibility index (Phi) is 8.30. The van der Waals surface area contributed by atoms with Gasteiger partial charge in [0.1, 0.15) is 37.3 Å². The van der Waals surface area contributed by atoms with Crippen molar-refractivity contribution in [1.82, 2.24) is 0 Å². The third-order valence-electron chi connectivity index (χ3n) is 5.35. The van der Waals surface area contributed by atoms with E-state index in [1.807, 2.05) is 19.1 Å². The summed E-state index contributed by atoms with van der Waals surface area (Å²) >= 11 is 0. The largest absolute Gasteiger partial charge is 0.497 e. The Balaban J connectivity index is 1.86. The third-order valence-corrected chi connectivity index (χ3v) is 5.35. The molecule has 154 valence electrons. The summed E-state index contributed by atoms with van der Waals surface area (Å²) in [5, 5.41) is 12.5. The van der Waals surface area contributed by atoms with Gasteiger partial charge >= 0.3 is 0 Å². The molecule has 2 atom stereocenters. The Morgan fingerprint density at radius 1 is 0.964 bits per heavy atom. The number of hydrogen-bond donors (Lipinski definition) is 3. The fraction of sp³-hybridized carbons (Fsp3) is 0.478. The van der Waals surface area contributed by atoms with E-state index < -0.39 is 6.10 Å². The smallest absolute Gasteiger partial charge is 0.162 e. The monoisotopic (exact) mass is 388 g/mol. The summed E-state index contributed by atoms with van der Waals surface area (Å²) in [5.74, 6) is 1.77. The van der Waals surface area contributed by atoms with Gasteiger partial charge < -0.3 is 24.8 Å². The number of quaternary nitrogens is 2. The van der Waals surface area contributed by atoms with Gasteiger partial charge in [-0.05, 0) is 61.7 Å². The van der Waals surface area contributed by atoms with Crippen molar-refractivity contribution >= 4 is 0 Å². The summed E-state index contributed by atoms with van der Waals surface area (Å²) in [7, 11) is 6.00. The van der Waals surface area contributed by atoms with Gasteiger partial charge in [0.05, 0.1) is 21.2 Å². The van der Waals surface area contributed by atoms with E-state index in [4.69, 9.17) is 9.47 Å². The predicted octanol–water partition coefficient (Wildman–Crippen LogP) is 0.809. The van der Waals surface area contributed by atoms with Gasteiger partial charge in [-0.2, -0.15) is 0 Å². The topological polar surface area (TPSA) is 59.7 Å². The van der Waals surface area contributed by atoms with Crippen molar-refractivity contribution < 1.29 is 24.8 Å². The van der Waals surface area contributed by atoms with Crippen LogP contribution in [0.5, 0.6) is 11.5 Å². The molecule has 0 bridgehead atoms. The molecule has 0 aliphatic rings. The number of rotatable bonds is 10. The molecule has 4 N–H and O–H groups in total. The number of ether oxygens (including phenoxy) is 2. The first-order valence-corrected chi connectivity index (χ1v) is 9.96. The summed E-state index contributed by atoms with van der Waals surface area (Å²) in [6, 6.07) is 12.8. The van der Waals surface area contributed by atoms with E-state index in [9.17, 15) is 5.11 Å². The third kappa shape index (κ3) is 5.96. The molecule has 0 aromatic heterocycles. The molecule has 2 aromatic rings. The lowest BCUT2D eigenvalue weighted by molar-refractivity contribution is -0.909. The van der Waals surface area contributed by atoms with Crippen LogP contribution >= 0.6 is 0 Å². The minimum atomic E-state index is -0.506. The average molecular weight is 389 g/mol. The van der Waals surface area contributed by atoms with Crippen molar-refractivity contribution in [3.05, 3.63) is 58.7 Å². The van der Waals surface area contributed by atoms with Crippen LogP contribution in [-0.2, 0) is 0 Å². The molecule has 0 saturated heterocycles. The molecule has 5 heteroatoms. The molecule has 0 amide bonds. The van der Waals surface area contributed by atoms with Gasteiger partial charge in [0.25, 0.3) is 0 Å². The molecule has 0 aliphatic heterocycles. The zero-order valence-corrected chi connectivity index (χ0v) is 18.1. The number of aliphatic hydroxyl groups is 1. The number of aryl methyl sites for hydroxylation is 2. The van der Waals surface area contributed by atoms with Crippen molar-refractivity contribution in [3.63, 3.8) is 0 Å². The van der Waals surface area contributed by atoms with Gasteiger partial charge in [-0.25, -0.2) is 0 Å². The van der Waals surface area contributed by atoms with E-state index in [-0.39, 0.29) is 0 Å². The molecule has 0 saturated carbocycles. The van der Waals surface area contributed by atoms with Crippen LogP contribution < -0.4 is 19.7 Å². The van der Waals surface area contributed by atoms with Crippen LogP contribution in [0, 0.1) is 20.8 Å². The molecular formula is C23H36N2O3+2. The Bertz CT molecular complexity index is 744. The molecule has 0 heterocycles. The van der Waals surface area contributed by atoms with Crippen molar-refractivity contribution in [1.29, 1.82) is 0 Å². The van der Waals surface area contributed by atoms with Crippen LogP contribution in [0.1, 0.15) is 28.3 Å². The summed E-state index contributed by atoms with van der Waals surface area (Å²) in [6.45, 7) is 8.01. The number of hydrogen-bond acceptors (Lipinski definition) is 3. The van der Waals surface area contributed by atoms with Crippen molar-refractivity contribution in [2.45, 2.75) is 32.9 Å². The molecular weight excluding hydrogens is 352 g/mol. The van der Waals surface area contributed by atoms with Gasteiger partial charge in [0, 0.05) is 5.56 Å². The number of benzene rings is 2. The fourth-order valence-electron chi connectivity index (χ4n) is 3.39. The minimum Gasteiger partial charge on any atom is -0.497 e. The van der Waals surface area contributed by atoms with E-state index in [1.54, 1.807) is 7.11 Å². The van der Waals surface area contributed by atoms with Gasteiger partial charge in [0.2, 0.25) is 0 Å². The molecule has 2 aromatic carbocycles. The first kappa shape index (κ1) is 22.2. The van der Waals surface area contributed by atoms with Crippen LogP contribution in [0.25, 0.3) is 0 Å². The Hall–Kier alpha value is -2.08. The second kappa shape index (κ2) is 10.5. The number of methoxy groups -OCH3 is 1. The summed E-state index contributed by atoms with van der Waals surface area (Å²) in [4.78, 5) is 1.36. The van der Waals surface area contributed by atoms with E-state index in [1.165, 1.54) is 16.0 Å². The molecule has 2 rings (SSSR count). The van der Waals surface area contributed by atoms with Crippen molar-refractivity contribution in [3.8, 4) is 11.5 Å². The highest BCUT2D eigenvalue weighted by molar-refractivity contribution is 5.44. The van der Waals surface area contributed by atoms with Crippen LogP contribution in [-0.4, -0.2) is 52.1 Å². The first-order valence-electron chi connectivity index (χ1n) is 9.96. The Morgan fingerprint density at radius 2 is 1.61 bits per heavy atom. The van der Waals surface area contributed by atoms with Gasteiger partial charge in [-0.3, -0.25) is 0 Å². The first-order chi connectivity index (χ1) is 13.3. The maximum absolute atomic E-state index is 10.4. The molecule has 5 nitrogen and oxygen atoms in total. The van der Waals surface area contributed by atoms with E-state index in [2.05, 4.69) is 57.5 Å². The molecule has 0 unspecified atom stereocenters. The number of nitrogens with one attached hydrogen (secondary N) is 1. The number of nitrogens with two attached hydrogens (primary N) is 1. The number of aliphatic hydroxyl groups excluding tert-OH is 1. The van der Waals surface area contributed by atoms with Gasteiger partial charge in [-0.15, -0.1) is 0 Å². The Labute approximate surface area is 169 Å². The number of likely N-dealkylation sites (N-methyl/N-ethyl adjacent to an activating group) is 1. The molecule has 28 heavy (non-hydrogen) atoms. The molecule has 0 aliphatic carbocycles. The second-order valence-electron chi connectivity index (χ2n) is 7.78. The Morgan fingerprint density at radius 3 is 2.21 bits per heavy atom. The lowest BCUT2D eigenvalue weighted by Crippen LogP contribution is -3.09. The highest BCUT2D eigenvalue weighted by Gasteiger charge is 2.21. The van der Waals surface area contributed by atoms with E-state index in [0.29, 0.717) is 19.2 Å². The van der Waals surface area contributed by atoms with Crippen molar-refractivity contribution in [2.24, 2.45) is 0 Å². The minimum absolute atomic E-state index is 0.309. The average Bonchev–Trinajstić information content (AvgIpc) is 2.68. The highest BCUT2D eigenvalue weighted by Crippen LogP contribution is 2.25. The lowest BCUT2D eigenvalue weighted by Gasteiger charge is -2.21. The van der Waals surface area contributed by atoms with E-state index in [0.717, 1.165) is 29.2 Å². The highest BCUT2D eigenvalue weighted by atomic mass is 16.5. The summed E-state index contributed by atoms with van der Waals surface area (Å²) < 4.78 is 11.2. The van der Waals surface area contributed by atoms with E-state index >= 15 is 0 Å². The quantitative estimate of drug-likeness (QED) is 0.565. The summed E-state index contributed by atoms with van der Waals surface area (Å²) in [5.41, 5.74) is 4.73.